The molecule has 0 bridgehead atoms. The van der Waals surface area contributed by atoms with Crippen LogP contribution in [0.2, 0.25) is 0 Å². The van der Waals surface area contributed by atoms with E-state index in [1.165, 1.54) is 6.42 Å². The van der Waals surface area contributed by atoms with E-state index in [0.717, 1.165) is 80.9 Å². The molecule has 2 aliphatic heterocycles. The largest absolute Gasteiger partial charge is 0.446 e. The molecule has 8 heteroatoms. The zero-order valence-corrected chi connectivity index (χ0v) is 15.7. The third-order valence-corrected chi connectivity index (χ3v) is 5.75. The quantitative estimate of drug-likeness (QED) is 0.683. The minimum Gasteiger partial charge on any atom is -0.446 e. The Balaban J connectivity index is 1.23. The zero-order valence-electron chi connectivity index (χ0n) is 15.7. The molecule has 2 fully saturated rings. The lowest BCUT2D eigenvalue weighted by molar-refractivity contribution is 0.207. The molecule has 0 N–H and O–H groups in total. The van der Waals surface area contributed by atoms with Crippen LogP contribution in [0, 0.1) is 6.92 Å². The lowest BCUT2D eigenvalue weighted by atomic mass is 9.96. The Morgan fingerprint density at radius 2 is 1.96 bits per heavy atom. The fourth-order valence-corrected chi connectivity index (χ4v) is 3.97. The van der Waals surface area contributed by atoms with Gasteiger partial charge in [0, 0.05) is 38.9 Å². The maximum absolute atomic E-state index is 5.58. The summed E-state index contributed by atoms with van der Waals surface area (Å²) in [5.41, 5.74) is 0.845. The summed E-state index contributed by atoms with van der Waals surface area (Å²) >= 11 is 0. The Bertz CT molecular complexity index is 921. The second-order valence-corrected chi connectivity index (χ2v) is 7.57. The van der Waals surface area contributed by atoms with Crippen molar-refractivity contribution in [2.45, 2.75) is 38.5 Å². The lowest BCUT2D eigenvalue weighted by Crippen LogP contribution is -2.38. The number of rotatable bonds is 5. The molecule has 0 saturated carbocycles. The highest BCUT2D eigenvalue weighted by Crippen LogP contribution is 2.28. The van der Waals surface area contributed by atoms with E-state index in [2.05, 4.69) is 31.0 Å². The molecule has 27 heavy (non-hydrogen) atoms. The van der Waals surface area contributed by atoms with Crippen LogP contribution in [0.3, 0.4) is 0 Å². The molecule has 0 radical (unpaired) electrons. The van der Waals surface area contributed by atoms with E-state index in [1.54, 1.807) is 0 Å². The number of aryl methyl sites for hydroxylation is 1. The van der Waals surface area contributed by atoms with Crippen molar-refractivity contribution in [3.05, 3.63) is 35.8 Å². The van der Waals surface area contributed by atoms with Crippen molar-refractivity contribution in [3.8, 4) is 0 Å². The number of aromatic nitrogens is 5. The summed E-state index contributed by atoms with van der Waals surface area (Å²) in [6, 6.07) is 4.09. The van der Waals surface area contributed by atoms with Crippen LogP contribution in [0.25, 0.3) is 5.65 Å². The van der Waals surface area contributed by atoms with Crippen molar-refractivity contribution in [1.29, 1.82) is 0 Å². The predicted octanol–water partition coefficient (Wildman–Crippen LogP) is 2.05. The van der Waals surface area contributed by atoms with Crippen LogP contribution >= 0.6 is 0 Å². The molecule has 8 nitrogen and oxygen atoms in total. The van der Waals surface area contributed by atoms with Crippen molar-refractivity contribution in [3.63, 3.8) is 0 Å². The van der Waals surface area contributed by atoms with Crippen LogP contribution in [0.5, 0.6) is 0 Å². The zero-order chi connectivity index (χ0) is 18.2. The van der Waals surface area contributed by atoms with E-state index in [1.807, 2.05) is 23.7 Å². The monoisotopic (exact) mass is 367 g/mol. The fraction of sp³-hybridized carbons (Fsp3) is 0.579. The summed E-state index contributed by atoms with van der Waals surface area (Å²) in [6.45, 7) is 7.23. The first-order valence-electron chi connectivity index (χ1n) is 9.87. The van der Waals surface area contributed by atoms with Gasteiger partial charge in [0.15, 0.2) is 17.4 Å². The molecule has 2 aliphatic rings. The number of anilines is 1. The molecule has 2 saturated heterocycles. The van der Waals surface area contributed by atoms with Crippen LogP contribution in [-0.2, 0) is 6.42 Å². The van der Waals surface area contributed by atoms with Gasteiger partial charge in [-0.05, 0) is 44.5 Å². The normalized spacial score (nSPS) is 18.9. The van der Waals surface area contributed by atoms with Crippen molar-refractivity contribution < 1.29 is 4.42 Å². The topological polar surface area (TPSA) is 75.6 Å². The summed E-state index contributed by atoms with van der Waals surface area (Å²) in [7, 11) is 0. The maximum atomic E-state index is 5.58. The minimum absolute atomic E-state index is 0.419. The molecule has 0 spiro atoms. The van der Waals surface area contributed by atoms with Crippen LogP contribution in [-0.4, -0.2) is 62.4 Å². The van der Waals surface area contributed by atoms with Gasteiger partial charge in [-0.2, -0.15) is 4.52 Å². The first kappa shape index (κ1) is 16.7. The number of hydrogen-bond donors (Lipinski definition) is 0. The number of fused-ring (bicyclic) bond motifs is 1. The van der Waals surface area contributed by atoms with Gasteiger partial charge in [0.25, 0.3) is 0 Å². The lowest BCUT2D eigenvalue weighted by Gasteiger charge is -2.32. The van der Waals surface area contributed by atoms with Crippen LogP contribution in [0.1, 0.15) is 42.7 Å². The van der Waals surface area contributed by atoms with Gasteiger partial charge in [-0.25, -0.2) is 4.98 Å². The third-order valence-electron chi connectivity index (χ3n) is 5.75. The van der Waals surface area contributed by atoms with E-state index < -0.39 is 0 Å². The van der Waals surface area contributed by atoms with E-state index in [-0.39, 0.29) is 0 Å². The molecule has 3 aromatic rings. The second kappa shape index (κ2) is 6.92. The average Bonchev–Trinajstić information content (AvgIpc) is 3.25. The van der Waals surface area contributed by atoms with Crippen LogP contribution < -0.4 is 4.90 Å². The van der Waals surface area contributed by atoms with Crippen molar-refractivity contribution in [2.24, 2.45) is 0 Å². The molecule has 5 heterocycles. The van der Waals surface area contributed by atoms with Crippen molar-refractivity contribution in [1.82, 2.24) is 29.7 Å². The minimum atomic E-state index is 0.419. The summed E-state index contributed by atoms with van der Waals surface area (Å²) < 4.78 is 7.54. The van der Waals surface area contributed by atoms with Gasteiger partial charge in [0.2, 0.25) is 0 Å². The first-order valence-corrected chi connectivity index (χ1v) is 9.87. The average molecular weight is 367 g/mol. The van der Waals surface area contributed by atoms with E-state index in [9.17, 15) is 0 Å². The first-order chi connectivity index (χ1) is 13.3. The number of oxazole rings is 1. The smallest absolute Gasteiger partial charge is 0.191 e. The number of nitrogens with zero attached hydrogens (tertiary/aromatic N) is 7. The summed E-state index contributed by atoms with van der Waals surface area (Å²) in [5.74, 6) is 4.18. The van der Waals surface area contributed by atoms with E-state index in [4.69, 9.17) is 9.52 Å². The van der Waals surface area contributed by atoms with Gasteiger partial charge in [-0.1, -0.05) is 0 Å². The molecular formula is C19H25N7O. The molecule has 0 aliphatic carbocycles. The van der Waals surface area contributed by atoms with Gasteiger partial charge < -0.3 is 14.2 Å². The number of piperidine rings is 1. The Morgan fingerprint density at radius 1 is 1.11 bits per heavy atom. The SMILES string of the molecule is Cc1ncc(CCN2CCC(c3nnc4ccc(N5CCC5)nn34)CC2)o1. The third kappa shape index (κ3) is 3.29. The maximum Gasteiger partial charge on any atom is 0.191 e. The molecule has 0 aromatic carbocycles. The Hall–Kier alpha value is -2.48. The van der Waals surface area contributed by atoms with Gasteiger partial charge in [-0.15, -0.1) is 15.3 Å². The Kier molecular flexibility index (Phi) is 4.27. The second-order valence-electron chi connectivity index (χ2n) is 7.57. The Labute approximate surface area is 158 Å². The molecular weight excluding hydrogens is 342 g/mol. The Morgan fingerprint density at radius 3 is 2.67 bits per heavy atom. The molecule has 5 rings (SSSR count). The van der Waals surface area contributed by atoms with Gasteiger partial charge in [-0.3, -0.25) is 0 Å². The number of hydrogen-bond acceptors (Lipinski definition) is 7. The standard InChI is InChI=1S/C19H25N7O/c1-14-20-13-16(27-14)7-12-24-10-5-15(6-11-24)19-22-21-17-3-4-18(23-26(17)19)25-8-2-9-25/h3-4,13,15H,2,5-12H2,1H3. The molecule has 0 atom stereocenters. The molecule has 0 unspecified atom stereocenters. The molecule has 142 valence electrons. The van der Waals surface area contributed by atoms with E-state index in [0.29, 0.717) is 5.92 Å². The summed E-state index contributed by atoms with van der Waals surface area (Å²) in [5, 5.41) is 13.6. The van der Waals surface area contributed by atoms with Gasteiger partial charge in [0.05, 0.1) is 6.20 Å². The van der Waals surface area contributed by atoms with Crippen LogP contribution in [0.4, 0.5) is 5.82 Å². The van der Waals surface area contributed by atoms with Crippen molar-refractivity contribution in [2.75, 3.05) is 37.6 Å². The number of likely N-dealkylation sites (tertiary alicyclic amines) is 1. The van der Waals surface area contributed by atoms with Gasteiger partial charge in [0.1, 0.15) is 11.6 Å². The fourth-order valence-electron chi connectivity index (χ4n) is 3.97. The van der Waals surface area contributed by atoms with Crippen molar-refractivity contribution >= 4 is 11.5 Å². The highest BCUT2D eigenvalue weighted by atomic mass is 16.3. The van der Waals surface area contributed by atoms with Gasteiger partial charge >= 0.3 is 0 Å². The molecule has 3 aromatic heterocycles. The predicted molar refractivity (Wildman–Crippen MR) is 101 cm³/mol. The molecule has 0 amide bonds. The highest BCUT2D eigenvalue weighted by Gasteiger charge is 2.26. The summed E-state index contributed by atoms with van der Waals surface area (Å²) in [4.78, 5) is 8.97. The van der Waals surface area contributed by atoms with E-state index >= 15 is 0 Å². The highest BCUT2D eigenvalue weighted by molar-refractivity contribution is 5.47. The summed E-state index contributed by atoms with van der Waals surface area (Å²) in [6.07, 6.45) is 6.18. The van der Waals surface area contributed by atoms with Crippen LogP contribution in [0.15, 0.2) is 22.7 Å².